The van der Waals surface area contributed by atoms with E-state index in [0.29, 0.717) is 6.54 Å². The second-order valence-corrected chi connectivity index (χ2v) is 7.42. The minimum Gasteiger partial charge on any atom is -0.357 e. The van der Waals surface area contributed by atoms with Gasteiger partial charge in [-0.1, -0.05) is 42.5 Å². The van der Waals surface area contributed by atoms with Gasteiger partial charge in [0, 0.05) is 19.6 Å². The molecule has 0 aliphatic carbocycles. The van der Waals surface area contributed by atoms with E-state index in [1.54, 1.807) is 12.1 Å². The number of primary sulfonamides is 1. The van der Waals surface area contributed by atoms with E-state index in [-0.39, 0.29) is 4.90 Å². The number of rotatable bonds is 8. The number of aliphatic imine (C=N–C) groups is 1. The fraction of sp³-hybridized carbons (Fsp3) is 0.316. The molecular formula is C19H26N4O2S. The van der Waals surface area contributed by atoms with Gasteiger partial charge in [-0.25, -0.2) is 13.6 Å². The normalized spacial score (nSPS) is 12.0. The van der Waals surface area contributed by atoms with E-state index in [0.717, 1.165) is 37.5 Å². The van der Waals surface area contributed by atoms with Crippen molar-refractivity contribution >= 4 is 16.0 Å². The first-order chi connectivity index (χ1) is 12.5. The summed E-state index contributed by atoms with van der Waals surface area (Å²) in [6.45, 7) is 4.23. The summed E-state index contributed by atoms with van der Waals surface area (Å²) in [5.74, 6) is 0.782. The van der Waals surface area contributed by atoms with Crippen LogP contribution in [0.1, 0.15) is 18.1 Å². The molecule has 0 saturated heterocycles. The highest BCUT2D eigenvalue weighted by atomic mass is 32.2. The summed E-state index contributed by atoms with van der Waals surface area (Å²) in [7, 11) is -3.64. The minimum absolute atomic E-state index is 0.126. The van der Waals surface area contributed by atoms with E-state index in [2.05, 4.69) is 27.8 Å². The number of hydrogen-bond acceptors (Lipinski definition) is 3. The quantitative estimate of drug-likeness (QED) is 0.484. The largest absolute Gasteiger partial charge is 0.357 e. The Morgan fingerprint density at radius 1 is 0.962 bits per heavy atom. The summed E-state index contributed by atoms with van der Waals surface area (Å²) in [4.78, 5) is 4.69. The first-order valence-electron chi connectivity index (χ1n) is 8.67. The molecule has 26 heavy (non-hydrogen) atoms. The monoisotopic (exact) mass is 374 g/mol. The maximum absolute atomic E-state index is 11.3. The Hall–Kier alpha value is -2.38. The standard InChI is InChI=1S/C19H26N4O2S/c1-2-21-19(22-14-12-16-6-4-3-5-7-16)23-15-13-17-8-10-18(11-9-17)26(20,24)25/h3-11H,2,12-15H2,1H3,(H2,20,24,25)(H2,21,22,23). The minimum atomic E-state index is -3.64. The third kappa shape index (κ3) is 6.85. The number of benzene rings is 2. The molecular weight excluding hydrogens is 348 g/mol. The predicted molar refractivity (Wildman–Crippen MR) is 106 cm³/mol. The van der Waals surface area contributed by atoms with Crippen molar-refractivity contribution in [2.45, 2.75) is 24.7 Å². The van der Waals surface area contributed by atoms with Gasteiger partial charge in [-0.2, -0.15) is 0 Å². The van der Waals surface area contributed by atoms with Crippen LogP contribution in [0.3, 0.4) is 0 Å². The summed E-state index contributed by atoms with van der Waals surface area (Å²) in [6, 6.07) is 16.9. The van der Waals surface area contributed by atoms with Gasteiger partial charge in [0.15, 0.2) is 5.96 Å². The number of sulfonamides is 1. The van der Waals surface area contributed by atoms with Crippen LogP contribution in [0.15, 0.2) is 64.5 Å². The second-order valence-electron chi connectivity index (χ2n) is 5.86. The van der Waals surface area contributed by atoms with Crippen LogP contribution in [0.5, 0.6) is 0 Å². The predicted octanol–water partition coefficient (Wildman–Crippen LogP) is 1.67. The van der Waals surface area contributed by atoms with Crippen LogP contribution >= 0.6 is 0 Å². The molecule has 7 heteroatoms. The molecule has 0 amide bonds. The molecule has 2 aromatic carbocycles. The van der Waals surface area contributed by atoms with E-state index in [1.807, 2.05) is 25.1 Å². The fourth-order valence-electron chi connectivity index (χ4n) is 2.45. The van der Waals surface area contributed by atoms with Crippen molar-refractivity contribution in [3.63, 3.8) is 0 Å². The van der Waals surface area contributed by atoms with Crippen LogP contribution in [0, 0.1) is 0 Å². The van der Waals surface area contributed by atoms with E-state index in [1.165, 1.54) is 17.7 Å². The maximum Gasteiger partial charge on any atom is 0.238 e. The van der Waals surface area contributed by atoms with E-state index in [4.69, 9.17) is 5.14 Å². The zero-order valence-corrected chi connectivity index (χ0v) is 15.8. The van der Waals surface area contributed by atoms with Gasteiger partial charge in [-0.05, 0) is 43.0 Å². The van der Waals surface area contributed by atoms with Crippen molar-refractivity contribution in [3.8, 4) is 0 Å². The van der Waals surface area contributed by atoms with Crippen LogP contribution in [0.25, 0.3) is 0 Å². The number of guanidine groups is 1. The molecule has 0 fully saturated rings. The summed E-state index contributed by atoms with van der Waals surface area (Å²) in [6.07, 6.45) is 1.65. The van der Waals surface area contributed by atoms with Gasteiger partial charge < -0.3 is 10.6 Å². The number of nitrogens with zero attached hydrogens (tertiary/aromatic N) is 1. The molecule has 2 rings (SSSR count). The van der Waals surface area contributed by atoms with Crippen LogP contribution in [-0.2, 0) is 22.9 Å². The molecule has 0 atom stereocenters. The molecule has 6 nitrogen and oxygen atoms in total. The zero-order valence-electron chi connectivity index (χ0n) is 15.0. The SMILES string of the molecule is CCNC(=NCCc1ccc(S(N)(=O)=O)cc1)NCCc1ccccc1. The maximum atomic E-state index is 11.3. The lowest BCUT2D eigenvalue weighted by molar-refractivity contribution is 0.598. The molecule has 0 spiro atoms. The summed E-state index contributed by atoms with van der Waals surface area (Å²) >= 11 is 0. The topological polar surface area (TPSA) is 96.6 Å². The van der Waals surface area contributed by atoms with Crippen molar-refractivity contribution in [2.75, 3.05) is 19.6 Å². The molecule has 0 aliphatic heterocycles. The van der Waals surface area contributed by atoms with Crippen molar-refractivity contribution in [3.05, 3.63) is 65.7 Å². The Morgan fingerprint density at radius 2 is 1.62 bits per heavy atom. The average molecular weight is 375 g/mol. The lowest BCUT2D eigenvalue weighted by Crippen LogP contribution is -2.38. The van der Waals surface area contributed by atoms with Crippen molar-refractivity contribution < 1.29 is 8.42 Å². The summed E-state index contributed by atoms with van der Waals surface area (Å²) in [5.41, 5.74) is 2.30. The zero-order chi connectivity index (χ0) is 18.8. The third-order valence-electron chi connectivity index (χ3n) is 3.82. The van der Waals surface area contributed by atoms with Crippen molar-refractivity contribution in [1.29, 1.82) is 0 Å². The second kappa shape index (κ2) is 9.94. The van der Waals surface area contributed by atoms with Crippen LogP contribution < -0.4 is 15.8 Å². The highest BCUT2D eigenvalue weighted by molar-refractivity contribution is 7.89. The number of hydrogen-bond donors (Lipinski definition) is 3. The molecule has 140 valence electrons. The Balaban J connectivity index is 1.84. The van der Waals surface area contributed by atoms with Gasteiger partial charge in [-0.15, -0.1) is 0 Å². The Kier molecular flexibility index (Phi) is 7.62. The first kappa shape index (κ1) is 19.9. The molecule has 0 heterocycles. The smallest absolute Gasteiger partial charge is 0.238 e. The van der Waals surface area contributed by atoms with Crippen LogP contribution in [-0.4, -0.2) is 34.0 Å². The van der Waals surface area contributed by atoms with Crippen LogP contribution in [0.2, 0.25) is 0 Å². The number of nitrogens with one attached hydrogen (secondary N) is 2. The molecule has 0 bridgehead atoms. The molecule has 0 unspecified atom stereocenters. The first-order valence-corrected chi connectivity index (χ1v) is 10.2. The molecule has 0 saturated carbocycles. The lowest BCUT2D eigenvalue weighted by atomic mass is 10.1. The molecule has 0 aliphatic rings. The van der Waals surface area contributed by atoms with E-state index < -0.39 is 10.0 Å². The Labute approximate surface area is 155 Å². The van der Waals surface area contributed by atoms with E-state index in [9.17, 15) is 8.42 Å². The van der Waals surface area contributed by atoms with Crippen LogP contribution in [0.4, 0.5) is 0 Å². The Bertz CT molecular complexity index is 803. The van der Waals surface area contributed by atoms with Crippen molar-refractivity contribution in [1.82, 2.24) is 10.6 Å². The molecule has 4 N–H and O–H groups in total. The summed E-state index contributed by atoms with van der Waals surface area (Å²) in [5, 5.41) is 11.7. The third-order valence-corrected chi connectivity index (χ3v) is 4.74. The average Bonchev–Trinajstić information content (AvgIpc) is 2.62. The highest BCUT2D eigenvalue weighted by Crippen LogP contribution is 2.09. The van der Waals surface area contributed by atoms with Gasteiger partial charge in [-0.3, -0.25) is 4.99 Å². The van der Waals surface area contributed by atoms with Crippen molar-refractivity contribution in [2.24, 2.45) is 10.1 Å². The summed E-state index contributed by atoms with van der Waals surface area (Å²) < 4.78 is 22.5. The molecule has 0 aromatic heterocycles. The number of nitrogens with two attached hydrogens (primary N) is 1. The van der Waals surface area contributed by atoms with Gasteiger partial charge in [0.2, 0.25) is 10.0 Å². The van der Waals surface area contributed by atoms with Gasteiger partial charge >= 0.3 is 0 Å². The van der Waals surface area contributed by atoms with Gasteiger partial charge in [0.25, 0.3) is 0 Å². The lowest BCUT2D eigenvalue weighted by Gasteiger charge is -2.11. The molecule has 2 aromatic rings. The highest BCUT2D eigenvalue weighted by Gasteiger charge is 2.06. The van der Waals surface area contributed by atoms with E-state index >= 15 is 0 Å². The Morgan fingerprint density at radius 3 is 2.23 bits per heavy atom. The molecule has 0 radical (unpaired) electrons. The fourth-order valence-corrected chi connectivity index (χ4v) is 2.97. The van der Waals surface area contributed by atoms with Gasteiger partial charge in [0.1, 0.15) is 0 Å². The van der Waals surface area contributed by atoms with Gasteiger partial charge in [0.05, 0.1) is 4.90 Å².